The molecular formula is C21H21ClN6OS. The van der Waals surface area contributed by atoms with Crippen molar-refractivity contribution in [1.29, 1.82) is 0 Å². The molecule has 3 N–H and O–H groups in total. The van der Waals surface area contributed by atoms with Crippen LogP contribution in [-0.4, -0.2) is 38.9 Å². The zero-order valence-electron chi connectivity index (χ0n) is 16.0. The molecule has 0 aliphatic carbocycles. The third-order valence-electron chi connectivity index (χ3n) is 5.35. The summed E-state index contributed by atoms with van der Waals surface area (Å²) >= 11 is 7.38. The van der Waals surface area contributed by atoms with E-state index in [1.165, 1.54) is 17.3 Å². The minimum absolute atomic E-state index is 0.0368. The lowest BCUT2D eigenvalue weighted by Crippen LogP contribution is -2.54. The summed E-state index contributed by atoms with van der Waals surface area (Å²) in [4.78, 5) is 14.4. The molecular weight excluding hydrogens is 420 g/mol. The number of hydrogen-bond donors (Lipinski definition) is 3. The summed E-state index contributed by atoms with van der Waals surface area (Å²) < 4.78 is 0. The fraction of sp³-hybridized carbons (Fsp3) is 0.238. The smallest absolute Gasteiger partial charge is 0.234 e. The van der Waals surface area contributed by atoms with Gasteiger partial charge in [0.1, 0.15) is 6.17 Å². The van der Waals surface area contributed by atoms with Crippen LogP contribution in [0.4, 0.5) is 5.69 Å². The highest BCUT2D eigenvalue weighted by Gasteiger charge is 2.44. The largest absolute Gasteiger partial charge is 0.325 e. The molecule has 0 spiro atoms. The minimum Gasteiger partial charge on any atom is -0.325 e. The van der Waals surface area contributed by atoms with E-state index in [-0.39, 0.29) is 29.9 Å². The molecule has 3 unspecified atom stereocenters. The number of anilines is 1. The van der Waals surface area contributed by atoms with Crippen molar-refractivity contribution in [2.75, 3.05) is 11.1 Å². The highest BCUT2D eigenvalue weighted by molar-refractivity contribution is 8.14. The van der Waals surface area contributed by atoms with Gasteiger partial charge in [-0.25, -0.2) is 5.43 Å². The van der Waals surface area contributed by atoms with Crippen LogP contribution in [0.25, 0.3) is 0 Å². The SMILES string of the molecule is O=C(CSC1=NNC2C3CC(c4ccccc4)NN3C=CN12)Nc1cccc(Cl)c1. The molecule has 7 nitrogen and oxygen atoms in total. The van der Waals surface area contributed by atoms with Crippen molar-refractivity contribution < 1.29 is 4.79 Å². The Bertz CT molecular complexity index is 1000. The Morgan fingerprint density at radius 3 is 2.90 bits per heavy atom. The van der Waals surface area contributed by atoms with Gasteiger partial charge in [0.15, 0.2) is 5.17 Å². The Morgan fingerprint density at radius 2 is 2.07 bits per heavy atom. The second kappa shape index (κ2) is 8.22. The van der Waals surface area contributed by atoms with E-state index in [1.807, 2.05) is 30.6 Å². The highest BCUT2D eigenvalue weighted by atomic mass is 35.5. The van der Waals surface area contributed by atoms with E-state index < -0.39 is 0 Å². The fourth-order valence-electron chi connectivity index (χ4n) is 3.95. The second-order valence-electron chi connectivity index (χ2n) is 7.32. The number of amides is 1. The van der Waals surface area contributed by atoms with Gasteiger partial charge in [0.2, 0.25) is 5.91 Å². The number of hydrazone groups is 1. The van der Waals surface area contributed by atoms with Crippen LogP contribution in [0, 0.1) is 0 Å². The van der Waals surface area contributed by atoms with Gasteiger partial charge in [-0.2, -0.15) is 5.10 Å². The van der Waals surface area contributed by atoms with Crippen molar-refractivity contribution in [1.82, 2.24) is 20.8 Å². The van der Waals surface area contributed by atoms with Crippen molar-refractivity contribution in [3.05, 3.63) is 77.6 Å². The van der Waals surface area contributed by atoms with Gasteiger partial charge in [-0.05, 0) is 30.2 Å². The molecule has 154 valence electrons. The van der Waals surface area contributed by atoms with Crippen molar-refractivity contribution in [3.63, 3.8) is 0 Å². The molecule has 3 aliphatic heterocycles. The number of hydrogen-bond acceptors (Lipinski definition) is 7. The fourth-order valence-corrected chi connectivity index (χ4v) is 4.91. The van der Waals surface area contributed by atoms with E-state index in [0.29, 0.717) is 10.7 Å². The summed E-state index contributed by atoms with van der Waals surface area (Å²) in [5.74, 6) is 0.173. The van der Waals surface area contributed by atoms with Crippen molar-refractivity contribution in [2.45, 2.75) is 24.7 Å². The number of halogens is 1. The summed E-state index contributed by atoms with van der Waals surface area (Å²) in [7, 11) is 0. The first-order chi connectivity index (χ1) is 14.7. The van der Waals surface area contributed by atoms with Crippen LogP contribution in [0.5, 0.6) is 0 Å². The number of amidine groups is 1. The molecule has 1 saturated heterocycles. The summed E-state index contributed by atoms with van der Waals surface area (Å²) in [5, 5.41) is 10.9. The van der Waals surface area contributed by atoms with Gasteiger partial charge in [-0.15, -0.1) is 0 Å². The average Bonchev–Trinajstić information content (AvgIpc) is 3.37. The number of carbonyl (C=O) groups is 1. The number of nitrogens with zero attached hydrogens (tertiary/aromatic N) is 3. The standard InChI is InChI=1S/C21H21ClN6OS/c22-15-7-4-8-16(11-15)23-19(29)13-30-21-25-24-20-18-12-17(14-5-2-1-3-6-14)26-28(18)10-9-27(20)21/h1-11,17-18,20,24,26H,12-13H2,(H,23,29). The first-order valence-electron chi connectivity index (χ1n) is 9.75. The van der Waals surface area contributed by atoms with Crippen LogP contribution in [-0.2, 0) is 4.79 Å². The van der Waals surface area contributed by atoms with Gasteiger partial charge >= 0.3 is 0 Å². The Balaban J connectivity index is 1.18. The third kappa shape index (κ3) is 3.86. The zero-order chi connectivity index (χ0) is 20.5. The van der Waals surface area contributed by atoms with E-state index in [4.69, 9.17) is 11.6 Å². The first kappa shape index (κ1) is 19.3. The van der Waals surface area contributed by atoms with Crippen LogP contribution >= 0.6 is 23.4 Å². The topological polar surface area (TPSA) is 72.0 Å². The highest BCUT2D eigenvalue weighted by Crippen LogP contribution is 2.35. The number of hydrazine groups is 1. The molecule has 30 heavy (non-hydrogen) atoms. The maximum Gasteiger partial charge on any atom is 0.234 e. The predicted molar refractivity (Wildman–Crippen MR) is 120 cm³/mol. The van der Waals surface area contributed by atoms with Gasteiger partial charge in [0, 0.05) is 23.1 Å². The summed E-state index contributed by atoms with van der Waals surface area (Å²) in [6, 6.07) is 18.1. The lowest BCUT2D eigenvalue weighted by atomic mass is 10.00. The maximum absolute atomic E-state index is 12.3. The van der Waals surface area contributed by atoms with Crippen LogP contribution < -0.4 is 16.2 Å². The Labute approximate surface area is 184 Å². The molecule has 2 aromatic rings. The number of thioether (sulfide) groups is 1. The van der Waals surface area contributed by atoms with Gasteiger partial charge < -0.3 is 15.2 Å². The van der Waals surface area contributed by atoms with Gasteiger partial charge in [-0.1, -0.05) is 59.8 Å². The van der Waals surface area contributed by atoms with Crippen molar-refractivity contribution >= 4 is 40.1 Å². The van der Waals surface area contributed by atoms with Crippen LogP contribution in [0.1, 0.15) is 18.0 Å². The number of nitrogens with one attached hydrogen (secondary N) is 3. The van der Waals surface area contributed by atoms with E-state index in [9.17, 15) is 4.79 Å². The Morgan fingerprint density at radius 1 is 1.20 bits per heavy atom. The van der Waals surface area contributed by atoms with Gasteiger partial charge in [-0.3, -0.25) is 10.2 Å². The Kier molecular flexibility index (Phi) is 5.28. The van der Waals surface area contributed by atoms with Crippen LogP contribution in [0.15, 0.2) is 72.1 Å². The van der Waals surface area contributed by atoms with Gasteiger partial charge in [0.05, 0.1) is 17.8 Å². The molecule has 2 aromatic carbocycles. The van der Waals surface area contributed by atoms with Crippen molar-refractivity contribution in [2.24, 2.45) is 5.10 Å². The van der Waals surface area contributed by atoms with Crippen LogP contribution in [0.3, 0.4) is 0 Å². The molecule has 3 aliphatic rings. The average molecular weight is 441 g/mol. The van der Waals surface area contributed by atoms with E-state index in [2.05, 4.69) is 55.4 Å². The molecule has 0 saturated carbocycles. The monoisotopic (exact) mass is 440 g/mol. The van der Waals surface area contributed by atoms with E-state index in [1.54, 1.807) is 12.1 Å². The molecule has 0 aromatic heterocycles. The van der Waals surface area contributed by atoms with Crippen LogP contribution in [0.2, 0.25) is 5.02 Å². The molecule has 1 fully saturated rings. The molecule has 9 heteroatoms. The third-order valence-corrected chi connectivity index (χ3v) is 6.55. The molecule has 3 heterocycles. The number of rotatable bonds is 4. The summed E-state index contributed by atoms with van der Waals surface area (Å²) in [6.07, 6.45) is 5.04. The van der Waals surface area contributed by atoms with Gasteiger partial charge in [0.25, 0.3) is 0 Å². The summed E-state index contributed by atoms with van der Waals surface area (Å²) in [6.45, 7) is 0. The van der Waals surface area contributed by atoms with Crippen molar-refractivity contribution in [3.8, 4) is 0 Å². The predicted octanol–water partition coefficient (Wildman–Crippen LogP) is 3.32. The van der Waals surface area contributed by atoms with E-state index >= 15 is 0 Å². The van der Waals surface area contributed by atoms with E-state index in [0.717, 1.165) is 11.6 Å². The molecule has 5 rings (SSSR count). The minimum atomic E-state index is -0.0947. The molecule has 0 radical (unpaired) electrons. The quantitative estimate of drug-likeness (QED) is 0.677. The summed E-state index contributed by atoms with van der Waals surface area (Å²) in [5.41, 5.74) is 8.78. The zero-order valence-corrected chi connectivity index (χ0v) is 17.6. The molecule has 3 atom stereocenters. The lowest BCUT2D eigenvalue weighted by Gasteiger charge is -2.36. The number of carbonyl (C=O) groups excluding carboxylic acids is 1. The first-order valence-corrected chi connectivity index (χ1v) is 11.1. The molecule has 0 bridgehead atoms. The Hall–Kier alpha value is -2.68. The number of fused-ring (bicyclic) bond motifs is 3. The lowest BCUT2D eigenvalue weighted by molar-refractivity contribution is -0.113. The molecule has 1 amide bonds. The second-order valence-corrected chi connectivity index (χ2v) is 8.70. The maximum atomic E-state index is 12.3. The normalized spacial score (nSPS) is 24.2. The number of benzene rings is 2.